The summed E-state index contributed by atoms with van der Waals surface area (Å²) >= 11 is 0. The molecule has 0 spiro atoms. The van der Waals surface area contributed by atoms with Crippen molar-refractivity contribution in [3.05, 3.63) is 29.8 Å². The fourth-order valence-corrected chi connectivity index (χ4v) is 2.71. The molecule has 0 saturated carbocycles. The van der Waals surface area contributed by atoms with E-state index in [4.69, 9.17) is 0 Å². The summed E-state index contributed by atoms with van der Waals surface area (Å²) in [6, 6.07) is 8.25. The second-order valence-electron chi connectivity index (χ2n) is 5.99. The first kappa shape index (κ1) is 14.4. The average molecular weight is 262 g/mol. The number of aromatic hydroxyl groups is 1. The van der Waals surface area contributed by atoms with Crippen molar-refractivity contribution in [2.24, 2.45) is 5.92 Å². The Morgan fingerprint density at radius 2 is 2.05 bits per heavy atom. The molecule has 0 aliphatic carbocycles. The van der Waals surface area contributed by atoms with Crippen LogP contribution in [0.2, 0.25) is 0 Å². The van der Waals surface area contributed by atoms with Crippen LogP contribution >= 0.6 is 0 Å². The molecule has 0 amide bonds. The molecule has 1 heterocycles. The summed E-state index contributed by atoms with van der Waals surface area (Å²) in [4.78, 5) is 2.56. The number of phenols is 1. The molecule has 1 unspecified atom stereocenters. The van der Waals surface area contributed by atoms with Crippen LogP contribution in [0, 0.1) is 5.92 Å². The lowest BCUT2D eigenvalue weighted by Gasteiger charge is -2.25. The molecule has 1 aliphatic heterocycles. The highest BCUT2D eigenvalue weighted by Gasteiger charge is 2.23. The third-order valence-corrected chi connectivity index (χ3v) is 3.75. The molecule has 0 bridgehead atoms. The van der Waals surface area contributed by atoms with E-state index >= 15 is 0 Å². The van der Waals surface area contributed by atoms with Gasteiger partial charge < -0.3 is 10.4 Å². The number of hydrogen-bond acceptors (Lipinski definition) is 3. The fraction of sp³-hybridized carbons (Fsp3) is 0.625. The zero-order valence-electron chi connectivity index (χ0n) is 12.1. The van der Waals surface area contributed by atoms with Gasteiger partial charge in [0.25, 0.3) is 0 Å². The van der Waals surface area contributed by atoms with Crippen LogP contribution in [0.25, 0.3) is 0 Å². The molecule has 19 heavy (non-hydrogen) atoms. The van der Waals surface area contributed by atoms with Gasteiger partial charge in [0.1, 0.15) is 5.75 Å². The van der Waals surface area contributed by atoms with Crippen LogP contribution in [0.5, 0.6) is 5.75 Å². The molecular weight excluding hydrogens is 236 g/mol. The molecule has 3 heteroatoms. The van der Waals surface area contributed by atoms with Crippen molar-refractivity contribution >= 4 is 0 Å². The van der Waals surface area contributed by atoms with Gasteiger partial charge in [-0.05, 0) is 49.5 Å². The van der Waals surface area contributed by atoms with Gasteiger partial charge in [-0.15, -0.1) is 0 Å². The van der Waals surface area contributed by atoms with Crippen LogP contribution in [0.1, 0.15) is 32.3 Å². The van der Waals surface area contributed by atoms with Gasteiger partial charge in [0.05, 0.1) is 0 Å². The highest BCUT2D eigenvalue weighted by molar-refractivity contribution is 5.25. The zero-order valence-corrected chi connectivity index (χ0v) is 12.1. The van der Waals surface area contributed by atoms with Crippen molar-refractivity contribution in [3.63, 3.8) is 0 Å². The van der Waals surface area contributed by atoms with E-state index in [-0.39, 0.29) is 0 Å². The van der Waals surface area contributed by atoms with Crippen molar-refractivity contribution in [1.29, 1.82) is 0 Å². The molecule has 0 aromatic heterocycles. The normalized spacial score (nSPS) is 20.3. The van der Waals surface area contributed by atoms with Gasteiger partial charge >= 0.3 is 0 Å². The van der Waals surface area contributed by atoms with Crippen LogP contribution in [-0.2, 0) is 6.54 Å². The van der Waals surface area contributed by atoms with Gasteiger partial charge in [0.15, 0.2) is 0 Å². The lowest BCUT2D eigenvalue weighted by molar-refractivity contribution is 0.237. The maximum absolute atomic E-state index is 9.31. The van der Waals surface area contributed by atoms with E-state index in [1.165, 1.54) is 24.9 Å². The van der Waals surface area contributed by atoms with Crippen molar-refractivity contribution in [3.8, 4) is 5.75 Å². The van der Waals surface area contributed by atoms with Crippen molar-refractivity contribution in [2.45, 2.75) is 39.3 Å². The Hall–Kier alpha value is -1.06. The number of nitrogens with one attached hydrogen (secondary N) is 1. The second kappa shape index (κ2) is 6.92. The van der Waals surface area contributed by atoms with Crippen molar-refractivity contribution in [1.82, 2.24) is 10.2 Å². The monoisotopic (exact) mass is 262 g/mol. The number of benzene rings is 1. The summed E-state index contributed by atoms with van der Waals surface area (Å²) in [6.45, 7) is 8.87. The van der Waals surface area contributed by atoms with E-state index in [0.717, 1.165) is 19.6 Å². The summed E-state index contributed by atoms with van der Waals surface area (Å²) < 4.78 is 0. The molecule has 2 N–H and O–H groups in total. The quantitative estimate of drug-likeness (QED) is 0.827. The Morgan fingerprint density at radius 1 is 1.32 bits per heavy atom. The Morgan fingerprint density at radius 3 is 2.74 bits per heavy atom. The highest BCUT2D eigenvalue weighted by atomic mass is 16.3. The topological polar surface area (TPSA) is 35.5 Å². The molecule has 1 aromatic carbocycles. The Balaban J connectivity index is 1.83. The van der Waals surface area contributed by atoms with Gasteiger partial charge in [-0.25, -0.2) is 0 Å². The van der Waals surface area contributed by atoms with E-state index in [1.807, 2.05) is 12.1 Å². The van der Waals surface area contributed by atoms with Gasteiger partial charge in [-0.2, -0.15) is 0 Å². The molecular formula is C16H26N2O. The first-order valence-electron chi connectivity index (χ1n) is 7.38. The summed E-state index contributed by atoms with van der Waals surface area (Å²) in [5.74, 6) is 1.06. The van der Waals surface area contributed by atoms with Crippen LogP contribution in [0.4, 0.5) is 0 Å². The molecule has 1 saturated heterocycles. The molecule has 2 rings (SSSR count). The van der Waals surface area contributed by atoms with Crippen LogP contribution in [-0.4, -0.2) is 35.7 Å². The van der Waals surface area contributed by atoms with E-state index < -0.39 is 0 Å². The lowest BCUT2D eigenvalue weighted by Crippen LogP contribution is -2.38. The molecule has 0 radical (unpaired) electrons. The third-order valence-electron chi connectivity index (χ3n) is 3.75. The number of rotatable bonds is 6. The molecule has 1 aliphatic rings. The minimum absolute atomic E-state index is 0.348. The predicted molar refractivity (Wildman–Crippen MR) is 79.2 cm³/mol. The summed E-state index contributed by atoms with van der Waals surface area (Å²) in [6.07, 6.45) is 2.59. The predicted octanol–water partition coefficient (Wildman–Crippen LogP) is 2.60. The van der Waals surface area contributed by atoms with Gasteiger partial charge in [-0.3, -0.25) is 4.90 Å². The SMILES string of the molecule is CC(C)CNCC1CCCN1Cc1ccc(O)cc1. The van der Waals surface area contributed by atoms with E-state index in [2.05, 4.69) is 24.1 Å². The van der Waals surface area contributed by atoms with Crippen LogP contribution in [0.3, 0.4) is 0 Å². The van der Waals surface area contributed by atoms with Gasteiger partial charge in [0.2, 0.25) is 0 Å². The molecule has 1 aromatic rings. The van der Waals surface area contributed by atoms with Gasteiger partial charge in [-0.1, -0.05) is 26.0 Å². The number of nitrogens with zero attached hydrogens (tertiary/aromatic N) is 1. The largest absolute Gasteiger partial charge is 0.508 e. The van der Waals surface area contributed by atoms with E-state index in [1.54, 1.807) is 12.1 Å². The molecule has 1 fully saturated rings. The Kier molecular flexibility index (Phi) is 5.23. The smallest absolute Gasteiger partial charge is 0.115 e. The average Bonchev–Trinajstić information content (AvgIpc) is 2.79. The zero-order chi connectivity index (χ0) is 13.7. The van der Waals surface area contributed by atoms with E-state index in [0.29, 0.717) is 17.7 Å². The summed E-state index contributed by atoms with van der Waals surface area (Å²) in [7, 11) is 0. The van der Waals surface area contributed by atoms with Crippen molar-refractivity contribution in [2.75, 3.05) is 19.6 Å². The standard InChI is InChI=1S/C16H26N2O/c1-13(2)10-17-11-15-4-3-9-18(15)12-14-5-7-16(19)8-6-14/h5-8,13,15,17,19H,3-4,9-12H2,1-2H3. The first-order valence-corrected chi connectivity index (χ1v) is 7.38. The number of hydrogen-bond donors (Lipinski definition) is 2. The molecule has 1 atom stereocenters. The Bertz CT molecular complexity index is 375. The van der Waals surface area contributed by atoms with Crippen LogP contribution < -0.4 is 5.32 Å². The third kappa shape index (κ3) is 4.51. The minimum Gasteiger partial charge on any atom is -0.508 e. The van der Waals surface area contributed by atoms with Crippen molar-refractivity contribution < 1.29 is 5.11 Å². The minimum atomic E-state index is 0.348. The fourth-order valence-electron chi connectivity index (χ4n) is 2.71. The lowest BCUT2D eigenvalue weighted by atomic mass is 10.1. The molecule has 3 nitrogen and oxygen atoms in total. The number of phenolic OH excluding ortho intramolecular Hbond substituents is 1. The summed E-state index contributed by atoms with van der Waals surface area (Å²) in [5, 5.41) is 12.9. The van der Waals surface area contributed by atoms with Gasteiger partial charge in [0, 0.05) is 19.1 Å². The highest BCUT2D eigenvalue weighted by Crippen LogP contribution is 2.20. The summed E-state index contributed by atoms with van der Waals surface area (Å²) in [5.41, 5.74) is 1.29. The Labute approximate surface area is 116 Å². The number of likely N-dealkylation sites (tertiary alicyclic amines) is 1. The molecule has 106 valence electrons. The first-order chi connectivity index (χ1) is 9.15. The maximum Gasteiger partial charge on any atom is 0.115 e. The van der Waals surface area contributed by atoms with E-state index in [9.17, 15) is 5.11 Å². The van der Waals surface area contributed by atoms with Crippen LogP contribution in [0.15, 0.2) is 24.3 Å². The maximum atomic E-state index is 9.31. The second-order valence-corrected chi connectivity index (χ2v) is 5.99.